The lowest BCUT2D eigenvalue weighted by atomic mass is 9.90. The number of hydrogen-bond donors (Lipinski definition) is 1. The minimum absolute atomic E-state index is 0.00382. The summed E-state index contributed by atoms with van der Waals surface area (Å²) in [6, 6.07) is 35.9. The van der Waals surface area contributed by atoms with Crippen molar-refractivity contribution in [2.75, 3.05) is 19.8 Å². The van der Waals surface area contributed by atoms with Crippen LogP contribution in [0.2, 0.25) is 0 Å². The van der Waals surface area contributed by atoms with Gasteiger partial charge in [0.1, 0.15) is 5.75 Å². The van der Waals surface area contributed by atoms with Crippen molar-refractivity contribution in [1.29, 1.82) is 0 Å². The number of aryl methyl sites for hydroxylation is 3. The van der Waals surface area contributed by atoms with Gasteiger partial charge in [-0.2, -0.15) is 0 Å². The number of phenols is 1. The van der Waals surface area contributed by atoms with Crippen LogP contribution in [0.25, 0.3) is 0 Å². The zero-order valence-corrected chi connectivity index (χ0v) is 30.3. The lowest BCUT2D eigenvalue weighted by molar-refractivity contribution is 0.0578. The van der Waals surface area contributed by atoms with Crippen LogP contribution in [0.4, 0.5) is 0 Å². The Bertz CT molecular complexity index is 1420. The van der Waals surface area contributed by atoms with E-state index in [2.05, 4.69) is 118 Å². The van der Waals surface area contributed by atoms with Gasteiger partial charge in [0, 0.05) is 26.2 Å². The molecule has 3 atom stereocenters. The number of hydrogen-bond acceptors (Lipinski definition) is 4. The first-order valence-corrected chi connectivity index (χ1v) is 18.8. The smallest absolute Gasteiger partial charge is 0.119 e. The van der Waals surface area contributed by atoms with Crippen molar-refractivity contribution >= 4 is 0 Å². The van der Waals surface area contributed by atoms with Crippen LogP contribution in [0, 0.1) is 0 Å². The van der Waals surface area contributed by atoms with Crippen molar-refractivity contribution in [1.82, 2.24) is 0 Å². The molecule has 0 bridgehead atoms. The largest absolute Gasteiger partial charge is 0.508 e. The van der Waals surface area contributed by atoms with Gasteiger partial charge in [-0.15, -0.1) is 0 Å². The second-order valence-corrected chi connectivity index (χ2v) is 13.7. The molecule has 264 valence electrons. The zero-order valence-electron chi connectivity index (χ0n) is 30.3. The summed E-state index contributed by atoms with van der Waals surface area (Å²) in [7, 11) is 0. The molecule has 1 N–H and O–H groups in total. The van der Waals surface area contributed by atoms with Gasteiger partial charge in [-0.3, -0.25) is 0 Å². The zero-order chi connectivity index (χ0) is 34.5. The van der Waals surface area contributed by atoms with Crippen LogP contribution in [0.5, 0.6) is 5.75 Å². The maximum absolute atomic E-state index is 11.2. The number of benzene rings is 4. The van der Waals surface area contributed by atoms with Crippen LogP contribution in [0.1, 0.15) is 92.7 Å². The van der Waals surface area contributed by atoms with Crippen LogP contribution in [0.3, 0.4) is 0 Å². The average Bonchev–Trinajstić information content (AvgIpc) is 3.12. The maximum atomic E-state index is 11.2. The number of aromatic hydroxyl groups is 1. The van der Waals surface area contributed by atoms with Gasteiger partial charge in [-0.25, -0.2) is 0 Å². The Balaban J connectivity index is 1.31. The monoisotopic (exact) mass is 664 g/mol. The molecule has 0 aliphatic rings. The van der Waals surface area contributed by atoms with Crippen molar-refractivity contribution in [2.24, 2.45) is 0 Å². The third-order valence-corrected chi connectivity index (χ3v) is 9.31. The molecule has 0 heterocycles. The van der Waals surface area contributed by atoms with Gasteiger partial charge in [0.25, 0.3) is 0 Å². The second kappa shape index (κ2) is 22.3. The van der Waals surface area contributed by atoms with E-state index in [4.69, 9.17) is 14.2 Å². The first-order chi connectivity index (χ1) is 24.0. The molecule has 0 saturated carbocycles. The van der Waals surface area contributed by atoms with E-state index in [0.717, 1.165) is 96.0 Å². The minimum Gasteiger partial charge on any atom is -0.508 e. The molecule has 4 aromatic carbocycles. The van der Waals surface area contributed by atoms with Crippen molar-refractivity contribution in [3.8, 4) is 5.75 Å². The van der Waals surface area contributed by atoms with E-state index in [-0.39, 0.29) is 18.3 Å². The molecule has 0 aliphatic carbocycles. The van der Waals surface area contributed by atoms with Gasteiger partial charge in [-0.1, -0.05) is 97.1 Å². The molecule has 4 aromatic rings. The highest BCUT2D eigenvalue weighted by atomic mass is 16.5. The standard InChI is InChI=1S/C45H60O4/c1-36(47-30-16-13-25-39-19-7-4-8-20-39)33-42-28-29-45(46)44(35-38(3)49-32-18-15-27-41-23-11-6-12-24-41)43(42)34-37(2)48-31-17-14-26-40-21-9-5-10-22-40/h4-12,19-24,28-29,36-38,46H,13-18,25-27,30-35H2,1-3H3. The fourth-order valence-corrected chi connectivity index (χ4v) is 6.54. The molecule has 0 spiro atoms. The van der Waals surface area contributed by atoms with Gasteiger partial charge < -0.3 is 19.3 Å². The van der Waals surface area contributed by atoms with Gasteiger partial charge in [0.2, 0.25) is 0 Å². The van der Waals surface area contributed by atoms with Crippen LogP contribution >= 0.6 is 0 Å². The summed E-state index contributed by atoms with van der Waals surface area (Å²) in [6.45, 7) is 8.67. The van der Waals surface area contributed by atoms with Crippen molar-refractivity contribution in [3.63, 3.8) is 0 Å². The molecule has 0 aliphatic heterocycles. The summed E-state index contributed by atoms with van der Waals surface area (Å²) in [4.78, 5) is 0. The first-order valence-electron chi connectivity index (χ1n) is 18.8. The predicted molar refractivity (Wildman–Crippen MR) is 204 cm³/mol. The average molecular weight is 665 g/mol. The van der Waals surface area contributed by atoms with Crippen LogP contribution in [-0.2, 0) is 52.7 Å². The molecule has 0 radical (unpaired) electrons. The summed E-state index contributed by atoms with van der Waals surface area (Å²) in [5.74, 6) is 0.350. The summed E-state index contributed by atoms with van der Waals surface area (Å²) in [5, 5.41) is 11.2. The maximum Gasteiger partial charge on any atom is 0.119 e. The lowest BCUT2D eigenvalue weighted by Gasteiger charge is -2.24. The Labute approximate surface area is 296 Å². The quantitative estimate of drug-likeness (QED) is 0.0758. The fraction of sp³-hybridized carbons (Fsp3) is 0.467. The van der Waals surface area contributed by atoms with E-state index in [0.29, 0.717) is 12.2 Å². The topological polar surface area (TPSA) is 47.9 Å². The summed E-state index contributed by atoms with van der Waals surface area (Å²) in [5.41, 5.74) is 7.55. The van der Waals surface area contributed by atoms with Gasteiger partial charge in [0.15, 0.2) is 0 Å². The lowest BCUT2D eigenvalue weighted by Crippen LogP contribution is -2.21. The highest BCUT2D eigenvalue weighted by Gasteiger charge is 2.20. The summed E-state index contributed by atoms with van der Waals surface area (Å²) in [6.07, 6.45) is 12.0. The Kier molecular flexibility index (Phi) is 17.5. The summed E-state index contributed by atoms with van der Waals surface area (Å²) < 4.78 is 19.0. The molecule has 4 heteroatoms. The number of unbranched alkanes of at least 4 members (excludes halogenated alkanes) is 3. The van der Waals surface area contributed by atoms with Crippen LogP contribution in [-0.4, -0.2) is 43.2 Å². The predicted octanol–water partition coefficient (Wildman–Crippen LogP) is 10.3. The minimum atomic E-state index is 0.00382. The molecule has 4 nitrogen and oxygen atoms in total. The van der Waals surface area contributed by atoms with E-state index in [9.17, 15) is 5.11 Å². The number of ether oxygens (including phenoxy) is 3. The third-order valence-electron chi connectivity index (χ3n) is 9.31. The Morgan fingerprint density at radius 2 is 0.796 bits per heavy atom. The molecule has 0 amide bonds. The number of rotatable bonds is 24. The van der Waals surface area contributed by atoms with Gasteiger partial charge in [0.05, 0.1) is 18.3 Å². The Morgan fingerprint density at radius 1 is 0.429 bits per heavy atom. The first kappa shape index (κ1) is 38.4. The molecule has 4 rings (SSSR count). The fourth-order valence-electron chi connectivity index (χ4n) is 6.54. The molecule has 0 saturated heterocycles. The van der Waals surface area contributed by atoms with E-state index < -0.39 is 0 Å². The van der Waals surface area contributed by atoms with E-state index in [1.807, 2.05) is 6.07 Å². The molecule has 49 heavy (non-hydrogen) atoms. The summed E-state index contributed by atoms with van der Waals surface area (Å²) >= 11 is 0. The highest BCUT2D eigenvalue weighted by Crippen LogP contribution is 2.30. The van der Waals surface area contributed by atoms with Crippen LogP contribution in [0.15, 0.2) is 103 Å². The number of phenolic OH excluding ortho intramolecular Hbond substituents is 1. The second-order valence-electron chi connectivity index (χ2n) is 13.7. The van der Waals surface area contributed by atoms with E-state index in [1.54, 1.807) is 0 Å². The molecular formula is C45H60O4. The molecule has 0 aromatic heterocycles. The Hall–Kier alpha value is -3.44. The highest BCUT2D eigenvalue weighted by molar-refractivity contribution is 5.45. The van der Waals surface area contributed by atoms with Crippen molar-refractivity contribution in [3.05, 3.63) is 137 Å². The molecular weight excluding hydrogens is 604 g/mol. The van der Waals surface area contributed by atoms with E-state index >= 15 is 0 Å². The van der Waals surface area contributed by atoms with Crippen molar-refractivity contribution in [2.45, 2.75) is 116 Å². The van der Waals surface area contributed by atoms with Gasteiger partial charge in [-0.05, 0) is 131 Å². The normalized spacial score (nSPS) is 13.3. The Morgan fingerprint density at radius 3 is 1.20 bits per heavy atom. The van der Waals surface area contributed by atoms with E-state index in [1.165, 1.54) is 27.8 Å². The molecule has 3 unspecified atom stereocenters. The third kappa shape index (κ3) is 14.9. The van der Waals surface area contributed by atoms with Gasteiger partial charge >= 0.3 is 0 Å². The SMILES string of the molecule is CC(Cc1ccc(O)c(CC(C)OCCCCc2ccccc2)c1CC(C)OCCCCc1ccccc1)OCCCCc1ccccc1. The van der Waals surface area contributed by atoms with Crippen molar-refractivity contribution < 1.29 is 19.3 Å². The molecule has 0 fully saturated rings. The van der Waals surface area contributed by atoms with Crippen LogP contribution < -0.4 is 0 Å².